The van der Waals surface area contributed by atoms with Crippen molar-refractivity contribution in [3.8, 4) is 11.7 Å². The van der Waals surface area contributed by atoms with Gasteiger partial charge in [0.25, 0.3) is 11.7 Å². The summed E-state index contributed by atoms with van der Waals surface area (Å²) in [6, 6.07) is 0. The Morgan fingerprint density at radius 3 is 3.10 bits per heavy atom. The van der Waals surface area contributed by atoms with E-state index in [2.05, 4.69) is 35.7 Å². The van der Waals surface area contributed by atoms with E-state index >= 15 is 0 Å². The summed E-state index contributed by atoms with van der Waals surface area (Å²) in [5.41, 5.74) is 0. The van der Waals surface area contributed by atoms with Crippen LogP contribution in [-0.2, 0) is 0 Å². The third-order valence-corrected chi connectivity index (χ3v) is 0.877. The van der Waals surface area contributed by atoms with E-state index in [0.717, 1.165) is 0 Å². The molecule has 6 heteroatoms. The van der Waals surface area contributed by atoms with Crippen molar-refractivity contribution in [2.45, 2.75) is 0 Å². The summed E-state index contributed by atoms with van der Waals surface area (Å²) in [7, 11) is 0. The molecule has 0 aliphatic rings. The van der Waals surface area contributed by atoms with Gasteiger partial charge < -0.3 is 8.94 Å². The summed E-state index contributed by atoms with van der Waals surface area (Å²) < 4.78 is 9.08. The smallest absolute Gasteiger partial charge is 0.306 e. The van der Waals surface area contributed by atoms with Crippen LogP contribution in [0.5, 0.6) is 0 Å². The van der Waals surface area contributed by atoms with Crippen molar-refractivity contribution in [2.75, 3.05) is 0 Å². The fraction of sp³-hybridized carbons (Fsp3) is 0. The Morgan fingerprint density at radius 1 is 1.50 bits per heavy atom. The van der Waals surface area contributed by atoms with Crippen molar-refractivity contribution >= 4 is 0 Å². The molecule has 0 spiro atoms. The molecule has 0 N–H and O–H groups in total. The van der Waals surface area contributed by atoms with Crippen LogP contribution in [0.25, 0.3) is 11.7 Å². The SMILES string of the molecule is [c]1nnc(-c2ncon2)o1. The highest BCUT2D eigenvalue weighted by Crippen LogP contribution is 2.07. The van der Waals surface area contributed by atoms with Gasteiger partial charge in [0.15, 0.2) is 0 Å². The molecule has 0 aliphatic heterocycles. The molecule has 2 aromatic rings. The summed E-state index contributed by atoms with van der Waals surface area (Å²) in [6.45, 7) is 0. The quantitative estimate of drug-likeness (QED) is 0.547. The molecule has 0 fully saturated rings. The van der Waals surface area contributed by atoms with Crippen molar-refractivity contribution in [3.63, 3.8) is 0 Å². The summed E-state index contributed by atoms with van der Waals surface area (Å²) >= 11 is 0. The fourth-order valence-electron chi connectivity index (χ4n) is 0.505. The van der Waals surface area contributed by atoms with Crippen LogP contribution in [0.15, 0.2) is 15.3 Å². The molecule has 1 radical (unpaired) electrons. The largest absolute Gasteiger partial charge is 0.409 e. The van der Waals surface area contributed by atoms with Gasteiger partial charge in [0.05, 0.1) is 0 Å². The number of aromatic nitrogens is 4. The Morgan fingerprint density at radius 2 is 2.50 bits per heavy atom. The predicted octanol–water partition coefficient (Wildman–Crippen LogP) is -0.0802. The lowest BCUT2D eigenvalue weighted by Crippen LogP contribution is -1.78. The van der Waals surface area contributed by atoms with Gasteiger partial charge in [-0.05, 0) is 0 Å². The van der Waals surface area contributed by atoms with Crippen molar-refractivity contribution in [1.82, 2.24) is 20.3 Å². The third kappa shape index (κ3) is 0.661. The van der Waals surface area contributed by atoms with Crippen LogP contribution in [0.4, 0.5) is 0 Å². The molecule has 2 rings (SSSR count). The maximum atomic E-state index is 4.65. The summed E-state index contributed by atoms with van der Waals surface area (Å²) in [6.07, 6.45) is 3.34. The summed E-state index contributed by atoms with van der Waals surface area (Å²) in [5.74, 6) is 0.475. The molecule has 49 valence electrons. The molecule has 0 unspecified atom stereocenters. The van der Waals surface area contributed by atoms with Gasteiger partial charge in [0, 0.05) is 0 Å². The van der Waals surface area contributed by atoms with Crippen LogP contribution >= 0.6 is 0 Å². The fourth-order valence-corrected chi connectivity index (χ4v) is 0.505. The number of hydrogen-bond acceptors (Lipinski definition) is 6. The highest BCUT2D eigenvalue weighted by Gasteiger charge is 2.07. The maximum absolute atomic E-state index is 4.65. The van der Waals surface area contributed by atoms with E-state index in [9.17, 15) is 0 Å². The molecule has 0 saturated carbocycles. The standard InChI is InChI=1S/C4HN4O2/c1-5-3(8-10-1)4-7-6-2-9-4/h1H. The van der Waals surface area contributed by atoms with Gasteiger partial charge in [-0.15, -0.1) is 10.2 Å². The molecular weight excluding hydrogens is 136 g/mol. The van der Waals surface area contributed by atoms with Crippen molar-refractivity contribution in [3.05, 3.63) is 12.8 Å². The van der Waals surface area contributed by atoms with E-state index in [1.54, 1.807) is 0 Å². The first-order chi connectivity index (χ1) is 4.97. The zero-order chi connectivity index (χ0) is 6.81. The molecule has 0 aliphatic carbocycles. The molecule has 2 heterocycles. The topological polar surface area (TPSA) is 77.8 Å². The minimum absolute atomic E-state index is 0.203. The van der Waals surface area contributed by atoms with Gasteiger partial charge in [-0.3, -0.25) is 0 Å². The minimum atomic E-state index is 0.203. The monoisotopic (exact) mass is 137 g/mol. The summed E-state index contributed by atoms with van der Waals surface area (Å²) in [4.78, 5) is 3.66. The number of hydrogen-bond donors (Lipinski definition) is 0. The van der Waals surface area contributed by atoms with Crippen molar-refractivity contribution in [1.29, 1.82) is 0 Å². The Labute approximate surface area is 54.9 Å². The van der Waals surface area contributed by atoms with Crippen molar-refractivity contribution in [2.24, 2.45) is 0 Å². The average molecular weight is 137 g/mol. The first-order valence-electron chi connectivity index (χ1n) is 2.43. The van der Waals surface area contributed by atoms with Crippen LogP contribution in [0.2, 0.25) is 0 Å². The molecule has 0 aromatic carbocycles. The Hall–Kier alpha value is -1.72. The summed E-state index contributed by atoms with van der Waals surface area (Å²) in [5, 5.41) is 10.3. The van der Waals surface area contributed by atoms with Gasteiger partial charge >= 0.3 is 6.39 Å². The van der Waals surface area contributed by atoms with Gasteiger partial charge in [0.1, 0.15) is 0 Å². The van der Waals surface area contributed by atoms with Crippen LogP contribution in [0.3, 0.4) is 0 Å². The van der Waals surface area contributed by atoms with Gasteiger partial charge in [-0.1, -0.05) is 5.16 Å². The van der Waals surface area contributed by atoms with E-state index in [-0.39, 0.29) is 11.7 Å². The lowest BCUT2D eigenvalue weighted by Gasteiger charge is -1.76. The number of rotatable bonds is 1. The zero-order valence-electron chi connectivity index (χ0n) is 4.68. The van der Waals surface area contributed by atoms with Gasteiger partial charge in [-0.2, -0.15) is 4.98 Å². The lowest BCUT2D eigenvalue weighted by atomic mass is 10.6. The maximum Gasteiger partial charge on any atom is 0.306 e. The zero-order valence-corrected chi connectivity index (χ0v) is 4.68. The predicted molar refractivity (Wildman–Crippen MR) is 26.4 cm³/mol. The lowest BCUT2D eigenvalue weighted by molar-refractivity contribution is 0.416. The minimum Gasteiger partial charge on any atom is -0.409 e. The second-order valence-corrected chi connectivity index (χ2v) is 1.45. The first kappa shape index (κ1) is 5.10. The Kier molecular flexibility index (Phi) is 0.970. The highest BCUT2D eigenvalue weighted by atomic mass is 16.5. The molecule has 0 bridgehead atoms. The molecule has 6 nitrogen and oxygen atoms in total. The van der Waals surface area contributed by atoms with E-state index in [4.69, 9.17) is 0 Å². The normalized spacial score (nSPS) is 10.0. The third-order valence-electron chi connectivity index (χ3n) is 0.877. The molecule has 10 heavy (non-hydrogen) atoms. The average Bonchev–Trinajstić information content (AvgIpc) is 2.59. The van der Waals surface area contributed by atoms with Gasteiger partial charge in [-0.25, -0.2) is 0 Å². The Balaban J connectivity index is 2.48. The second kappa shape index (κ2) is 1.90. The van der Waals surface area contributed by atoms with E-state index in [1.165, 1.54) is 6.39 Å². The van der Waals surface area contributed by atoms with Crippen LogP contribution < -0.4 is 0 Å². The van der Waals surface area contributed by atoms with E-state index < -0.39 is 0 Å². The number of nitrogens with zero attached hydrogens (tertiary/aromatic N) is 4. The molecule has 0 saturated heterocycles. The van der Waals surface area contributed by atoms with E-state index in [1.807, 2.05) is 0 Å². The molecular formula is C4HN4O2. The van der Waals surface area contributed by atoms with E-state index in [0.29, 0.717) is 0 Å². The highest BCUT2D eigenvalue weighted by molar-refractivity contribution is 5.35. The van der Waals surface area contributed by atoms with Crippen LogP contribution in [0, 0.1) is 6.39 Å². The molecule has 0 atom stereocenters. The van der Waals surface area contributed by atoms with Crippen LogP contribution in [0.1, 0.15) is 0 Å². The van der Waals surface area contributed by atoms with Crippen LogP contribution in [-0.4, -0.2) is 20.3 Å². The second-order valence-electron chi connectivity index (χ2n) is 1.45. The van der Waals surface area contributed by atoms with Gasteiger partial charge in [0.2, 0.25) is 6.39 Å². The Bertz CT molecular complexity index is 255. The molecule has 2 aromatic heterocycles. The molecule has 0 amide bonds. The van der Waals surface area contributed by atoms with Crippen molar-refractivity contribution < 1.29 is 8.94 Å². The first-order valence-corrected chi connectivity index (χ1v) is 2.43.